The largest absolute Gasteiger partial charge is 0.377 e. The van der Waals surface area contributed by atoms with E-state index in [1.54, 1.807) is 28.9 Å². The highest BCUT2D eigenvalue weighted by molar-refractivity contribution is 6.02. The van der Waals surface area contributed by atoms with Crippen molar-refractivity contribution in [2.75, 3.05) is 5.32 Å². The summed E-state index contributed by atoms with van der Waals surface area (Å²) in [6.07, 6.45) is 12.1. The second kappa shape index (κ2) is 8.66. The summed E-state index contributed by atoms with van der Waals surface area (Å²) in [6.45, 7) is 0. The van der Waals surface area contributed by atoms with Crippen molar-refractivity contribution in [3.63, 3.8) is 0 Å². The van der Waals surface area contributed by atoms with Crippen molar-refractivity contribution in [2.45, 2.75) is 31.5 Å². The SMILES string of the molecule is C#C.NC(=O)c1cccc(-c2cc3c(N[C@@H]4CCC[C@@H]4F)c(C(N)=O)cnn3c2)c1. The van der Waals surface area contributed by atoms with Crippen molar-refractivity contribution >= 4 is 23.0 Å². The van der Waals surface area contributed by atoms with E-state index in [1.165, 1.54) is 6.20 Å². The zero-order valence-electron chi connectivity index (χ0n) is 16.2. The fourth-order valence-electron chi connectivity index (χ4n) is 3.67. The second-order valence-corrected chi connectivity index (χ2v) is 7.00. The van der Waals surface area contributed by atoms with Crippen LogP contribution in [-0.4, -0.2) is 33.6 Å². The molecule has 0 radical (unpaired) electrons. The first-order valence-electron chi connectivity index (χ1n) is 9.39. The minimum atomic E-state index is -0.976. The number of carbonyl (C=O) groups is 2. The molecule has 154 valence electrons. The highest BCUT2D eigenvalue weighted by Crippen LogP contribution is 2.32. The number of amides is 2. The third-order valence-electron chi connectivity index (χ3n) is 5.14. The summed E-state index contributed by atoms with van der Waals surface area (Å²) in [5.41, 5.74) is 14.1. The fraction of sp³-hybridized carbons (Fsp3) is 0.227. The number of aromatic nitrogens is 2. The van der Waals surface area contributed by atoms with Crippen molar-refractivity contribution < 1.29 is 14.0 Å². The van der Waals surface area contributed by atoms with Gasteiger partial charge < -0.3 is 16.8 Å². The Morgan fingerprint density at radius 1 is 1.13 bits per heavy atom. The van der Waals surface area contributed by atoms with Crippen LogP contribution in [0.3, 0.4) is 0 Å². The lowest BCUT2D eigenvalue weighted by atomic mass is 10.1. The maximum atomic E-state index is 14.2. The number of alkyl halides is 1. The predicted octanol–water partition coefficient (Wildman–Crippen LogP) is 2.75. The molecule has 0 bridgehead atoms. The molecule has 1 aromatic carbocycles. The van der Waals surface area contributed by atoms with Crippen LogP contribution in [0.25, 0.3) is 16.6 Å². The number of terminal acetylenes is 1. The summed E-state index contributed by atoms with van der Waals surface area (Å²) in [7, 11) is 0. The Kier molecular flexibility index (Phi) is 6.02. The van der Waals surface area contributed by atoms with Crippen molar-refractivity contribution in [1.29, 1.82) is 0 Å². The van der Waals surface area contributed by atoms with Gasteiger partial charge in [0.1, 0.15) is 6.17 Å². The van der Waals surface area contributed by atoms with E-state index in [0.717, 1.165) is 17.5 Å². The summed E-state index contributed by atoms with van der Waals surface area (Å²) in [5.74, 6) is -1.15. The highest BCUT2D eigenvalue weighted by atomic mass is 19.1. The fourth-order valence-corrected chi connectivity index (χ4v) is 3.67. The molecule has 4 rings (SSSR count). The van der Waals surface area contributed by atoms with Crippen LogP contribution in [0.1, 0.15) is 40.0 Å². The first kappa shape index (κ1) is 20.9. The van der Waals surface area contributed by atoms with Crippen molar-refractivity contribution in [3.05, 3.63) is 53.9 Å². The number of anilines is 1. The van der Waals surface area contributed by atoms with Gasteiger partial charge in [-0.25, -0.2) is 8.91 Å². The van der Waals surface area contributed by atoms with Crippen LogP contribution in [-0.2, 0) is 0 Å². The van der Waals surface area contributed by atoms with Gasteiger partial charge in [0, 0.05) is 17.3 Å². The summed E-state index contributed by atoms with van der Waals surface area (Å²) in [6, 6.07) is 8.36. The number of nitrogens with zero attached hydrogens (tertiary/aromatic N) is 2. The van der Waals surface area contributed by atoms with E-state index in [0.29, 0.717) is 29.6 Å². The van der Waals surface area contributed by atoms with Gasteiger partial charge >= 0.3 is 0 Å². The molecule has 1 aliphatic rings. The quantitative estimate of drug-likeness (QED) is 0.564. The van der Waals surface area contributed by atoms with Gasteiger partial charge in [-0.15, -0.1) is 12.8 Å². The van der Waals surface area contributed by atoms with Gasteiger partial charge in [-0.05, 0) is 43.0 Å². The van der Waals surface area contributed by atoms with Crippen molar-refractivity contribution in [1.82, 2.24) is 9.61 Å². The Hall–Kier alpha value is -3.86. The molecule has 3 aromatic rings. The molecule has 2 atom stereocenters. The van der Waals surface area contributed by atoms with E-state index < -0.39 is 18.0 Å². The number of hydrogen-bond acceptors (Lipinski definition) is 4. The van der Waals surface area contributed by atoms with Crippen LogP contribution in [0, 0.1) is 12.8 Å². The molecule has 1 aliphatic carbocycles. The number of halogens is 1. The first-order chi connectivity index (χ1) is 14.4. The molecule has 0 unspecified atom stereocenters. The van der Waals surface area contributed by atoms with Crippen molar-refractivity contribution in [3.8, 4) is 24.0 Å². The molecule has 1 fully saturated rings. The van der Waals surface area contributed by atoms with E-state index in [9.17, 15) is 14.0 Å². The topological polar surface area (TPSA) is 116 Å². The maximum absolute atomic E-state index is 14.2. The van der Waals surface area contributed by atoms with E-state index in [-0.39, 0.29) is 11.6 Å². The zero-order chi connectivity index (χ0) is 21.8. The summed E-state index contributed by atoms with van der Waals surface area (Å²) >= 11 is 0. The minimum absolute atomic E-state index is 0.210. The molecule has 2 amide bonds. The third-order valence-corrected chi connectivity index (χ3v) is 5.14. The lowest BCUT2D eigenvalue weighted by Crippen LogP contribution is -2.27. The molecule has 7 nitrogen and oxygen atoms in total. The molecule has 2 heterocycles. The second-order valence-electron chi connectivity index (χ2n) is 7.00. The summed E-state index contributed by atoms with van der Waals surface area (Å²) in [4.78, 5) is 23.4. The summed E-state index contributed by atoms with van der Waals surface area (Å²) < 4.78 is 15.8. The van der Waals surface area contributed by atoms with E-state index in [1.807, 2.05) is 12.1 Å². The highest BCUT2D eigenvalue weighted by Gasteiger charge is 2.29. The minimum Gasteiger partial charge on any atom is -0.377 e. The Labute approximate surface area is 173 Å². The van der Waals surface area contributed by atoms with Gasteiger partial charge in [0.05, 0.1) is 29.0 Å². The standard InChI is InChI=1S/C20H20FN5O2.C2H2/c21-15-5-2-6-16(15)25-18-14(20(23)28)9-24-26-10-13(8-17(18)26)11-3-1-4-12(7-11)19(22)27;1-2/h1,3-4,7-10,15-16,25H,2,5-6H2,(H2,22,27)(H2,23,28);1-2H/t15-,16+;/m0./s1. The van der Waals surface area contributed by atoms with Crippen LogP contribution in [0.4, 0.5) is 10.1 Å². The maximum Gasteiger partial charge on any atom is 0.252 e. The number of carbonyl (C=O) groups excluding carboxylic acids is 2. The number of primary amides is 2. The van der Waals surface area contributed by atoms with Crippen LogP contribution in [0.2, 0.25) is 0 Å². The lowest BCUT2D eigenvalue weighted by molar-refractivity contribution is 0.0992. The van der Waals surface area contributed by atoms with Gasteiger partial charge in [0.2, 0.25) is 5.91 Å². The average Bonchev–Trinajstić information content (AvgIpc) is 3.36. The van der Waals surface area contributed by atoms with Crippen LogP contribution >= 0.6 is 0 Å². The molecule has 0 saturated heterocycles. The average molecular weight is 407 g/mol. The van der Waals surface area contributed by atoms with Gasteiger partial charge in [-0.3, -0.25) is 9.59 Å². The van der Waals surface area contributed by atoms with Gasteiger partial charge in [-0.1, -0.05) is 12.1 Å². The van der Waals surface area contributed by atoms with Crippen LogP contribution in [0.5, 0.6) is 0 Å². The van der Waals surface area contributed by atoms with E-state index >= 15 is 0 Å². The molecule has 5 N–H and O–H groups in total. The van der Waals surface area contributed by atoms with E-state index in [4.69, 9.17) is 11.5 Å². The number of hydrogen-bond donors (Lipinski definition) is 3. The molecule has 1 saturated carbocycles. The summed E-state index contributed by atoms with van der Waals surface area (Å²) in [5, 5.41) is 7.42. The monoisotopic (exact) mass is 407 g/mol. The van der Waals surface area contributed by atoms with Crippen LogP contribution < -0.4 is 16.8 Å². The lowest BCUT2D eigenvalue weighted by Gasteiger charge is -2.19. The molecular weight excluding hydrogens is 385 g/mol. The van der Waals surface area contributed by atoms with E-state index in [2.05, 4.69) is 23.3 Å². The molecule has 30 heavy (non-hydrogen) atoms. The number of benzene rings is 1. The van der Waals surface area contributed by atoms with Crippen LogP contribution in [0.15, 0.2) is 42.7 Å². The Balaban J connectivity index is 0.00000124. The Bertz CT molecular complexity index is 1120. The molecule has 2 aromatic heterocycles. The first-order valence-corrected chi connectivity index (χ1v) is 9.39. The zero-order valence-corrected chi connectivity index (χ0v) is 16.2. The number of nitrogens with two attached hydrogens (primary N) is 2. The van der Waals surface area contributed by atoms with Gasteiger partial charge in [0.25, 0.3) is 5.91 Å². The molecular formula is C22H22FN5O2. The number of nitrogens with one attached hydrogen (secondary N) is 1. The normalized spacial score (nSPS) is 17.8. The Morgan fingerprint density at radius 3 is 2.53 bits per heavy atom. The predicted molar refractivity (Wildman–Crippen MR) is 114 cm³/mol. The molecule has 8 heteroatoms. The Morgan fingerprint density at radius 2 is 1.90 bits per heavy atom. The molecule has 0 spiro atoms. The number of fused-ring (bicyclic) bond motifs is 1. The number of rotatable bonds is 5. The smallest absolute Gasteiger partial charge is 0.252 e. The van der Waals surface area contributed by atoms with Gasteiger partial charge in [-0.2, -0.15) is 5.10 Å². The third kappa shape index (κ3) is 3.96. The van der Waals surface area contributed by atoms with Crippen molar-refractivity contribution in [2.24, 2.45) is 11.5 Å². The van der Waals surface area contributed by atoms with Gasteiger partial charge in [0.15, 0.2) is 0 Å². The molecule has 0 aliphatic heterocycles.